The monoisotopic (exact) mass is 359 g/mol. The summed E-state index contributed by atoms with van der Waals surface area (Å²) in [6.45, 7) is 6.83. The molecular weight excluding hydrogens is 334 g/mol. The maximum atomic E-state index is 12.9. The van der Waals surface area contributed by atoms with Crippen molar-refractivity contribution in [3.05, 3.63) is 29.3 Å². The normalized spacial score (nSPS) is 19.2. The number of likely N-dealkylation sites (tertiary alicyclic amines) is 1. The van der Waals surface area contributed by atoms with Crippen molar-refractivity contribution in [1.29, 1.82) is 0 Å². The zero-order chi connectivity index (χ0) is 18.0. The summed E-state index contributed by atoms with van der Waals surface area (Å²) in [5, 5.41) is 3.92. The molecule has 2 aromatic rings. The maximum Gasteiger partial charge on any atom is 0.245 e. The Kier molecular flexibility index (Phi) is 5.37. The number of fused-ring (bicyclic) bond motifs is 1. The van der Waals surface area contributed by atoms with Gasteiger partial charge in [-0.15, -0.1) is 11.3 Å². The summed E-state index contributed by atoms with van der Waals surface area (Å²) in [6.07, 6.45) is 2.02. The zero-order valence-corrected chi connectivity index (χ0v) is 15.8. The Morgan fingerprint density at radius 2 is 2.08 bits per heavy atom. The molecule has 134 valence electrons. The van der Waals surface area contributed by atoms with Crippen LogP contribution in [0.5, 0.6) is 0 Å². The number of piperidine rings is 1. The quantitative estimate of drug-likeness (QED) is 0.912. The van der Waals surface area contributed by atoms with Gasteiger partial charge in [-0.3, -0.25) is 9.59 Å². The van der Waals surface area contributed by atoms with Crippen LogP contribution >= 0.6 is 11.3 Å². The average molecular weight is 359 g/mol. The van der Waals surface area contributed by atoms with Crippen molar-refractivity contribution in [3.63, 3.8) is 0 Å². The Morgan fingerprint density at radius 3 is 2.76 bits per heavy atom. The molecule has 3 rings (SSSR count). The molecule has 1 aromatic carbocycles. The first-order chi connectivity index (χ1) is 12.0. The maximum absolute atomic E-state index is 12.9. The van der Waals surface area contributed by atoms with Crippen LogP contribution < -0.4 is 5.32 Å². The first-order valence-corrected chi connectivity index (χ1v) is 9.68. The topological polar surface area (TPSA) is 62.3 Å². The SMILES string of the molecule is CC(=O)N[C@@H](C(=O)N1CCC[C@@H](c2nc3ccccc3s2)C1)C(C)C. The minimum atomic E-state index is -0.452. The highest BCUT2D eigenvalue weighted by Crippen LogP contribution is 2.33. The highest BCUT2D eigenvalue weighted by molar-refractivity contribution is 7.18. The molecule has 0 bridgehead atoms. The van der Waals surface area contributed by atoms with Gasteiger partial charge in [0.2, 0.25) is 11.8 Å². The fourth-order valence-corrected chi connectivity index (χ4v) is 4.47. The van der Waals surface area contributed by atoms with Crippen molar-refractivity contribution in [2.45, 2.75) is 45.6 Å². The lowest BCUT2D eigenvalue weighted by Gasteiger charge is -2.35. The third-order valence-corrected chi connectivity index (χ3v) is 5.88. The molecule has 2 amide bonds. The van der Waals surface area contributed by atoms with Crippen LogP contribution in [-0.2, 0) is 9.59 Å². The summed E-state index contributed by atoms with van der Waals surface area (Å²) < 4.78 is 1.19. The van der Waals surface area contributed by atoms with Crippen molar-refractivity contribution >= 4 is 33.4 Å². The number of thiazole rings is 1. The minimum absolute atomic E-state index is 0.0241. The standard InChI is InChI=1S/C19H25N3O2S/c1-12(2)17(20-13(3)23)19(24)22-10-6-7-14(11-22)18-21-15-8-4-5-9-16(15)25-18/h4-5,8-9,12,14,17H,6-7,10-11H2,1-3H3,(H,20,23)/t14-,17-/m1/s1. The molecule has 0 unspecified atom stereocenters. The van der Waals surface area contributed by atoms with Crippen molar-refractivity contribution in [1.82, 2.24) is 15.2 Å². The number of para-hydroxylation sites is 1. The van der Waals surface area contributed by atoms with Crippen molar-refractivity contribution in [3.8, 4) is 0 Å². The molecule has 0 saturated carbocycles. The van der Waals surface area contributed by atoms with E-state index in [1.54, 1.807) is 11.3 Å². The van der Waals surface area contributed by atoms with Gasteiger partial charge in [0.25, 0.3) is 0 Å². The largest absolute Gasteiger partial charge is 0.344 e. The molecular formula is C19H25N3O2S. The van der Waals surface area contributed by atoms with Crippen molar-refractivity contribution < 1.29 is 9.59 Å². The van der Waals surface area contributed by atoms with Gasteiger partial charge in [0.1, 0.15) is 6.04 Å². The molecule has 5 nitrogen and oxygen atoms in total. The number of nitrogens with zero attached hydrogens (tertiary/aromatic N) is 2. The molecule has 1 aromatic heterocycles. The number of carbonyl (C=O) groups is 2. The molecule has 1 saturated heterocycles. The van der Waals surface area contributed by atoms with Crippen LogP contribution in [0.15, 0.2) is 24.3 Å². The number of nitrogens with one attached hydrogen (secondary N) is 1. The number of carbonyl (C=O) groups excluding carboxylic acids is 2. The number of hydrogen-bond donors (Lipinski definition) is 1. The van der Waals surface area contributed by atoms with E-state index in [0.717, 1.165) is 29.9 Å². The zero-order valence-electron chi connectivity index (χ0n) is 15.0. The molecule has 1 fully saturated rings. The molecule has 0 spiro atoms. The molecule has 25 heavy (non-hydrogen) atoms. The molecule has 0 radical (unpaired) electrons. The van der Waals surface area contributed by atoms with E-state index in [1.165, 1.54) is 11.6 Å². The van der Waals surface area contributed by atoms with Gasteiger partial charge in [-0.2, -0.15) is 0 Å². The van der Waals surface area contributed by atoms with E-state index in [4.69, 9.17) is 4.98 Å². The van der Waals surface area contributed by atoms with E-state index in [1.807, 2.05) is 36.9 Å². The fourth-order valence-electron chi connectivity index (χ4n) is 3.37. The van der Waals surface area contributed by atoms with Crippen LogP contribution in [-0.4, -0.2) is 40.8 Å². The van der Waals surface area contributed by atoms with E-state index in [2.05, 4.69) is 11.4 Å². The van der Waals surface area contributed by atoms with E-state index >= 15 is 0 Å². The summed E-state index contributed by atoms with van der Waals surface area (Å²) in [4.78, 5) is 31.0. The second kappa shape index (κ2) is 7.52. The highest BCUT2D eigenvalue weighted by atomic mass is 32.1. The molecule has 6 heteroatoms. The van der Waals surface area contributed by atoms with Crippen molar-refractivity contribution in [2.75, 3.05) is 13.1 Å². The van der Waals surface area contributed by atoms with Crippen LogP contribution in [0.1, 0.15) is 44.5 Å². The van der Waals surface area contributed by atoms with Crippen LogP contribution in [0.25, 0.3) is 10.2 Å². The summed E-state index contributed by atoms with van der Waals surface area (Å²) in [5.74, 6) is 0.210. The number of amides is 2. The summed E-state index contributed by atoms with van der Waals surface area (Å²) in [5.41, 5.74) is 1.03. The Bertz CT molecular complexity index is 738. The second-order valence-electron chi connectivity index (χ2n) is 7.07. The fraction of sp³-hybridized carbons (Fsp3) is 0.526. The third kappa shape index (κ3) is 4.00. The minimum Gasteiger partial charge on any atom is -0.344 e. The lowest BCUT2D eigenvalue weighted by molar-refractivity contribution is -0.138. The van der Waals surface area contributed by atoms with E-state index in [0.29, 0.717) is 6.54 Å². The van der Waals surface area contributed by atoms with Gasteiger partial charge in [-0.1, -0.05) is 26.0 Å². The lowest BCUT2D eigenvalue weighted by atomic mass is 9.96. The molecule has 1 N–H and O–H groups in total. The Balaban J connectivity index is 1.75. The predicted octanol–water partition coefficient (Wildman–Crippen LogP) is 3.16. The Labute approximate surface area is 152 Å². The van der Waals surface area contributed by atoms with Gasteiger partial charge in [0.05, 0.1) is 15.2 Å². The van der Waals surface area contributed by atoms with Crippen molar-refractivity contribution in [2.24, 2.45) is 5.92 Å². The molecule has 2 atom stereocenters. The third-order valence-electron chi connectivity index (χ3n) is 4.68. The van der Waals surface area contributed by atoms with Gasteiger partial charge in [-0.05, 0) is 30.9 Å². The first-order valence-electron chi connectivity index (χ1n) is 8.87. The van der Waals surface area contributed by atoms with E-state index < -0.39 is 6.04 Å². The number of rotatable bonds is 4. The number of aromatic nitrogens is 1. The van der Waals surface area contributed by atoms with Gasteiger partial charge in [0, 0.05) is 25.9 Å². The molecule has 1 aliphatic rings. The first kappa shape index (κ1) is 17.9. The number of benzene rings is 1. The van der Waals surface area contributed by atoms with Gasteiger partial charge < -0.3 is 10.2 Å². The number of hydrogen-bond acceptors (Lipinski definition) is 4. The summed E-state index contributed by atoms with van der Waals surface area (Å²) in [6, 6.07) is 7.71. The Hall–Kier alpha value is -1.95. The van der Waals surface area contributed by atoms with Gasteiger partial charge in [-0.25, -0.2) is 4.98 Å². The molecule has 1 aliphatic heterocycles. The second-order valence-corrected chi connectivity index (χ2v) is 8.13. The summed E-state index contributed by atoms with van der Waals surface area (Å²) >= 11 is 1.72. The van der Waals surface area contributed by atoms with Crippen LogP contribution in [0, 0.1) is 5.92 Å². The molecule has 2 heterocycles. The van der Waals surface area contributed by atoms with Crippen LogP contribution in [0.4, 0.5) is 0 Å². The lowest BCUT2D eigenvalue weighted by Crippen LogP contribution is -2.52. The van der Waals surface area contributed by atoms with Gasteiger partial charge in [0.15, 0.2) is 0 Å². The molecule has 0 aliphatic carbocycles. The van der Waals surface area contributed by atoms with E-state index in [9.17, 15) is 9.59 Å². The highest BCUT2D eigenvalue weighted by Gasteiger charge is 2.32. The van der Waals surface area contributed by atoms with Crippen LogP contribution in [0.3, 0.4) is 0 Å². The predicted molar refractivity (Wildman–Crippen MR) is 101 cm³/mol. The summed E-state index contributed by atoms with van der Waals surface area (Å²) in [7, 11) is 0. The van der Waals surface area contributed by atoms with Gasteiger partial charge >= 0.3 is 0 Å². The van der Waals surface area contributed by atoms with E-state index in [-0.39, 0.29) is 23.7 Å². The van der Waals surface area contributed by atoms with Crippen LogP contribution in [0.2, 0.25) is 0 Å². The Morgan fingerprint density at radius 1 is 1.32 bits per heavy atom. The smallest absolute Gasteiger partial charge is 0.245 e. The average Bonchev–Trinajstić information content (AvgIpc) is 3.03.